The summed E-state index contributed by atoms with van der Waals surface area (Å²) in [6, 6.07) is 3.81. The van der Waals surface area contributed by atoms with E-state index in [1.807, 2.05) is 19.2 Å². The molecule has 1 fully saturated rings. The number of hydrogen-bond acceptors (Lipinski definition) is 2. The van der Waals surface area contributed by atoms with Crippen LogP contribution in [-0.2, 0) is 6.54 Å². The average Bonchev–Trinajstić information content (AvgIpc) is 3.01. The average molecular weight is 323 g/mol. The number of halogens is 1. The molecule has 5 heteroatoms. The summed E-state index contributed by atoms with van der Waals surface area (Å²) in [5.74, 6) is 2.62. The molecule has 0 amide bonds. The predicted molar refractivity (Wildman–Crippen MR) is 93.2 cm³/mol. The number of nitrogens with zero attached hydrogens (tertiary/aromatic N) is 3. The number of hydrogen-bond donors (Lipinski definition) is 1. The van der Waals surface area contributed by atoms with Gasteiger partial charge in [-0.3, -0.25) is 4.99 Å². The number of guanidine groups is 1. The Kier molecular flexibility index (Phi) is 6.49. The summed E-state index contributed by atoms with van der Waals surface area (Å²) in [5.41, 5.74) is 1.11. The summed E-state index contributed by atoms with van der Waals surface area (Å²) in [4.78, 5) is 10.9. The standard InChI is InChI=1S/C17H27ClN4/c1-4-14(5-2)15-8-9-22(12-15)17(19-3)21-11-13-6-7-16(18)20-10-13/h6-7,10,14-15H,4-5,8-9,11-12H2,1-3H3,(H,19,21). The van der Waals surface area contributed by atoms with Gasteiger partial charge in [-0.2, -0.15) is 0 Å². The van der Waals surface area contributed by atoms with Crippen molar-refractivity contribution in [3.05, 3.63) is 29.0 Å². The lowest BCUT2D eigenvalue weighted by Gasteiger charge is -2.24. The molecule has 4 nitrogen and oxygen atoms in total. The van der Waals surface area contributed by atoms with Gasteiger partial charge in [-0.1, -0.05) is 44.4 Å². The summed E-state index contributed by atoms with van der Waals surface area (Å²) in [6.45, 7) is 7.54. The number of aromatic nitrogens is 1. The Morgan fingerprint density at radius 1 is 1.45 bits per heavy atom. The monoisotopic (exact) mass is 322 g/mol. The molecule has 1 atom stereocenters. The van der Waals surface area contributed by atoms with E-state index < -0.39 is 0 Å². The molecule has 0 saturated carbocycles. The van der Waals surface area contributed by atoms with Gasteiger partial charge in [-0.15, -0.1) is 0 Å². The maximum Gasteiger partial charge on any atom is 0.193 e. The lowest BCUT2D eigenvalue weighted by atomic mass is 9.87. The molecule has 0 aromatic carbocycles. The van der Waals surface area contributed by atoms with Gasteiger partial charge in [0.2, 0.25) is 0 Å². The van der Waals surface area contributed by atoms with Crippen LogP contribution in [0.4, 0.5) is 0 Å². The molecule has 0 spiro atoms. The SMILES string of the molecule is CCC(CC)C1CCN(C(=NC)NCc2ccc(Cl)nc2)C1. The Morgan fingerprint density at radius 2 is 2.23 bits per heavy atom. The largest absolute Gasteiger partial charge is 0.352 e. The highest BCUT2D eigenvalue weighted by Crippen LogP contribution is 2.28. The van der Waals surface area contributed by atoms with Crippen molar-refractivity contribution in [2.45, 2.75) is 39.7 Å². The van der Waals surface area contributed by atoms with Crippen LogP contribution in [0.15, 0.2) is 23.3 Å². The predicted octanol–water partition coefficient (Wildman–Crippen LogP) is 3.57. The van der Waals surface area contributed by atoms with Crippen LogP contribution >= 0.6 is 11.6 Å². The van der Waals surface area contributed by atoms with Crippen LogP contribution in [0.1, 0.15) is 38.7 Å². The van der Waals surface area contributed by atoms with Crippen LogP contribution in [0, 0.1) is 11.8 Å². The number of nitrogens with one attached hydrogen (secondary N) is 1. The molecule has 1 aliphatic heterocycles. The molecule has 2 heterocycles. The lowest BCUT2D eigenvalue weighted by molar-refractivity contribution is 0.319. The van der Waals surface area contributed by atoms with Gasteiger partial charge in [0.05, 0.1) is 0 Å². The molecule has 1 aromatic heterocycles. The molecular formula is C17H27ClN4. The Labute approximate surface area is 139 Å². The Morgan fingerprint density at radius 3 is 2.82 bits per heavy atom. The van der Waals surface area contributed by atoms with Gasteiger partial charge >= 0.3 is 0 Å². The zero-order valence-corrected chi connectivity index (χ0v) is 14.6. The van der Waals surface area contributed by atoms with Gasteiger partial charge in [0.15, 0.2) is 5.96 Å². The molecule has 1 saturated heterocycles. The van der Waals surface area contributed by atoms with Crippen molar-refractivity contribution < 1.29 is 0 Å². The number of likely N-dealkylation sites (tertiary alicyclic amines) is 1. The fourth-order valence-electron chi connectivity index (χ4n) is 3.34. The first-order valence-corrected chi connectivity index (χ1v) is 8.61. The van der Waals surface area contributed by atoms with E-state index >= 15 is 0 Å². The maximum atomic E-state index is 5.81. The first-order valence-electron chi connectivity index (χ1n) is 8.23. The second-order valence-electron chi connectivity index (χ2n) is 5.96. The van der Waals surface area contributed by atoms with Crippen LogP contribution in [0.3, 0.4) is 0 Å². The number of pyridine rings is 1. The molecule has 2 rings (SSSR count). The number of aliphatic imine (C=N–C) groups is 1. The van der Waals surface area contributed by atoms with Gasteiger partial charge in [-0.05, 0) is 29.9 Å². The van der Waals surface area contributed by atoms with Gasteiger partial charge in [0, 0.05) is 32.9 Å². The van der Waals surface area contributed by atoms with E-state index in [0.29, 0.717) is 5.15 Å². The smallest absolute Gasteiger partial charge is 0.193 e. The minimum absolute atomic E-state index is 0.528. The molecule has 0 bridgehead atoms. The lowest BCUT2D eigenvalue weighted by Crippen LogP contribution is -2.40. The van der Waals surface area contributed by atoms with Crippen LogP contribution in [-0.4, -0.2) is 36.0 Å². The summed E-state index contributed by atoms with van der Waals surface area (Å²) in [5, 5.41) is 3.96. The van der Waals surface area contributed by atoms with Gasteiger partial charge in [0.25, 0.3) is 0 Å². The molecule has 22 heavy (non-hydrogen) atoms. The van der Waals surface area contributed by atoms with Gasteiger partial charge < -0.3 is 10.2 Å². The third kappa shape index (κ3) is 4.35. The zero-order chi connectivity index (χ0) is 15.9. The summed E-state index contributed by atoms with van der Waals surface area (Å²) >= 11 is 5.81. The van der Waals surface area contributed by atoms with Crippen LogP contribution < -0.4 is 5.32 Å². The van der Waals surface area contributed by atoms with E-state index in [9.17, 15) is 0 Å². The molecule has 1 aromatic rings. The number of rotatable bonds is 5. The topological polar surface area (TPSA) is 40.5 Å². The highest BCUT2D eigenvalue weighted by atomic mass is 35.5. The van der Waals surface area contributed by atoms with Gasteiger partial charge in [-0.25, -0.2) is 4.98 Å². The van der Waals surface area contributed by atoms with Crippen molar-refractivity contribution in [3.8, 4) is 0 Å². The molecule has 1 unspecified atom stereocenters. The third-order valence-electron chi connectivity index (χ3n) is 4.69. The second-order valence-corrected chi connectivity index (χ2v) is 6.35. The molecule has 1 aliphatic rings. The normalized spacial score (nSPS) is 19.0. The van der Waals surface area contributed by atoms with Crippen molar-refractivity contribution in [1.82, 2.24) is 15.2 Å². The fourth-order valence-corrected chi connectivity index (χ4v) is 3.46. The zero-order valence-electron chi connectivity index (χ0n) is 13.8. The first kappa shape index (κ1) is 17.1. The van der Waals surface area contributed by atoms with E-state index in [4.69, 9.17) is 11.6 Å². The first-order chi connectivity index (χ1) is 10.7. The van der Waals surface area contributed by atoms with E-state index in [1.54, 1.807) is 6.20 Å². The van der Waals surface area contributed by atoms with E-state index in [2.05, 4.69) is 34.0 Å². The van der Waals surface area contributed by atoms with E-state index in [1.165, 1.54) is 19.3 Å². The second kappa shape index (κ2) is 8.37. The van der Waals surface area contributed by atoms with Crippen molar-refractivity contribution in [3.63, 3.8) is 0 Å². The molecule has 1 N–H and O–H groups in total. The van der Waals surface area contributed by atoms with Crippen molar-refractivity contribution >= 4 is 17.6 Å². The summed E-state index contributed by atoms with van der Waals surface area (Å²) in [7, 11) is 1.85. The van der Waals surface area contributed by atoms with Crippen LogP contribution in [0.5, 0.6) is 0 Å². The minimum Gasteiger partial charge on any atom is -0.352 e. The summed E-state index contributed by atoms with van der Waals surface area (Å²) in [6.07, 6.45) is 5.63. The van der Waals surface area contributed by atoms with Crippen molar-refractivity contribution in [2.75, 3.05) is 20.1 Å². The Balaban J connectivity index is 1.88. The quantitative estimate of drug-likeness (QED) is 0.512. The summed E-state index contributed by atoms with van der Waals surface area (Å²) < 4.78 is 0. The third-order valence-corrected chi connectivity index (χ3v) is 4.91. The highest BCUT2D eigenvalue weighted by Gasteiger charge is 2.29. The van der Waals surface area contributed by atoms with Crippen molar-refractivity contribution in [1.29, 1.82) is 0 Å². The van der Waals surface area contributed by atoms with Crippen molar-refractivity contribution in [2.24, 2.45) is 16.8 Å². The highest BCUT2D eigenvalue weighted by molar-refractivity contribution is 6.29. The van der Waals surface area contributed by atoms with Gasteiger partial charge in [0.1, 0.15) is 5.15 Å². The van der Waals surface area contributed by atoms with Crippen LogP contribution in [0.2, 0.25) is 5.15 Å². The minimum atomic E-state index is 0.528. The molecule has 122 valence electrons. The molecular weight excluding hydrogens is 296 g/mol. The maximum absolute atomic E-state index is 5.81. The van der Waals surface area contributed by atoms with Crippen LogP contribution in [0.25, 0.3) is 0 Å². The van der Waals surface area contributed by atoms with E-state index in [-0.39, 0.29) is 0 Å². The molecule has 0 aliphatic carbocycles. The Hall–Kier alpha value is -1.29. The Bertz CT molecular complexity index is 482. The fraction of sp³-hybridized carbons (Fsp3) is 0.647. The van der Waals surface area contributed by atoms with E-state index in [0.717, 1.165) is 43.0 Å². The molecule has 0 radical (unpaired) electrons.